The summed E-state index contributed by atoms with van der Waals surface area (Å²) in [5, 5.41) is 9.75. The summed E-state index contributed by atoms with van der Waals surface area (Å²) in [6.45, 7) is 0. The minimum atomic E-state index is -0.891. The van der Waals surface area contributed by atoms with E-state index < -0.39 is 5.97 Å². The molecule has 2 aromatic heterocycles. The number of rotatable bonds is 3. The number of hydrogen-bond donors (Lipinski definition) is 1. The van der Waals surface area contributed by atoms with Crippen molar-refractivity contribution in [3.05, 3.63) is 29.0 Å². The van der Waals surface area contributed by atoms with Gasteiger partial charge in [0.25, 0.3) is 0 Å². The second-order valence-electron chi connectivity index (χ2n) is 3.79. The lowest BCUT2D eigenvalue weighted by Crippen LogP contribution is -1.97. The van der Waals surface area contributed by atoms with Gasteiger partial charge in [0.2, 0.25) is 0 Å². The summed E-state index contributed by atoms with van der Waals surface area (Å²) in [4.78, 5) is 15.8. The standard InChI is InChI=1S/C11H9NO3S/c13-11(14)9-8(6-3-4-6)12-10(16-9)7-2-1-5-15-7/h1-2,5-6H,3-4H2,(H,13,14). The van der Waals surface area contributed by atoms with Crippen LogP contribution in [-0.4, -0.2) is 16.1 Å². The van der Waals surface area contributed by atoms with Crippen LogP contribution in [0.15, 0.2) is 22.8 Å². The van der Waals surface area contributed by atoms with E-state index in [9.17, 15) is 4.79 Å². The molecule has 0 radical (unpaired) electrons. The number of hydrogen-bond acceptors (Lipinski definition) is 4. The summed E-state index contributed by atoms with van der Waals surface area (Å²) < 4.78 is 5.22. The van der Waals surface area contributed by atoms with Crippen LogP contribution in [0.4, 0.5) is 0 Å². The van der Waals surface area contributed by atoms with Crippen molar-refractivity contribution in [2.45, 2.75) is 18.8 Å². The molecule has 1 aliphatic rings. The van der Waals surface area contributed by atoms with Gasteiger partial charge in [-0.25, -0.2) is 9.78 Å². The Hall–Kier alpha value is -1.62. The summed E-state index contributed by atoms with van der Waals surface area (Å²) in [5.41, 5.74) is 0.726. The molecule has 0 saturated heterocycles. The Morgan fingerprint density at radius 1 is 1.56 bits per heavy atom. The van der Waals surface area contributed by atoms with E-state index in [0.29, 0.717) is 21.6 Å². The topological polar surface area (TPSA) is 63.3 Å². The molecule has 0 amide bonds. The van der Waals surface area contributed by atoms with Gasteiger partial charge in [-0.2, -0.15) is 0 Å². The van der Waals surface area contributed by atoms with Crippen LogP contribution in [0.2, 0.25) is 0 Å². The van der Waals surface area contributed by atoms with Crippen molar-refractivity contribution in [3.8, 4) is 10.8 Å². The maximum atomic E-state index is 11.1. The zero-order valence-electron chi connectivity index (χ0n) is 8.34. The van der Waals surface area contributed by atoms with E-state index in [1.165, 1.54) is 11.3 Å². The van der Waals surface area contributed by atoms with Gasteiger partial charge < -0.3 is 9.52 Å². The number of carboxylic acid groups (broad SMARTS) is 1. The molecule has 0 spiro atoms. The molecule has 5 heteroatoms. The number of carboxylic acids is 1. The van der Waals surface area contributed by atoms with E-state index in [0.717, 1.165) is 18.5 Å². The SMILES string of the molecule is O=C(O)c1sc(-c2ccco2)nc1C1CC1. The Morgan fingerprint density at radius 2 is 2.38 bits per heavy atom. The third kappa shape index (κ3) is 1.53. The predicted molar refractivity (Wildman–Crippen MR) is 58.8 cm³/mol. The maximum Gasteiger partial charge on any atom is 0.347 e. The average molecular weight is 235 g/mol. The summed E-state index contributed by atoms with van der Waals surface area (Å²) in [7, 11) is 0. The summed E-state index contributed by atoms with van der Waals surface area (Å²) >= 11 is 1.19. The second-order valence-corrected chi connectivity index (χ2v) is 4.79. The lowest BCUT2D eigenvalue weighted by Gasteiger charge is -1.91. The fourth-order valence-electron chi connectivity index (χ4n) is 1.62. The second kappa shape index (κ2) is 3.45. The lowest BCUT2D eigenvalue weighted by molar-refractivity contribution is 0.0700. The Bertz CT molecular complexity index is 525. The third-order valence-corrected chi connectivity index (χ3v) is 3.62. The molecule has 0 unspecified atom stereocenters. The number of aromatic nitrogens is 1. The van der Waals surface area contributed by atoms with E-state index in [1.807, 2.05) is 0 Å². The summed E-state index contributed by atoms with van der Waals surface area (Å²) in [6, 6.07) is 3.56. The van der Waals surface area contributed by atoms with Gasteiger partial charge in [-0.1, -0.05) is 0 Å². The average Bonchev–Trinajstić information content (AvgIpc) is 2.83. The van der Waals surface area contributed by atoms with Gasteiger partial charge in [0.1, 0.15) is 4.88 Å². The Labute approximate surface area is 95.6 Å². The molecular weight excluding hydrogens is 226 g/mol. The predicted octanol–water partition coefficient (Wildman–Crippen LogP) is 2.98. The molecule has 0 atom stereocenters. The zero-order valence-corrected chi connectivity index (χ0v) is 9.16. The van der Waals surface area contributed by atoms with Crippen LogP contribution < -0.4 is 0 Å². The van der Waals surface area contributed by atoms with Crippen LogP contribution >= 0.6 is 11.3 Å². The highest BCUT2D eigenvalue weighted by molar-refractivity contribution is 7.17. The Balaban J connectivity index is 2.08. The van der Waals surface area contributed by atoms with Crippen LogP contribution in [-0.2, 0) is 0 Å². The molecule has 3 rings (SSSR count). The molecule has 0 aliphatic heterocycles. The quantitative estimate of drug-likeness (QED) is 0.888. The van der Waals surface area contributed by atoms with Crippen LogP contribution in [0, 0.1) is 0 Å². The summed E-state index contributed by atoms with van der Waals surface area (Å²) in [6.07, 6.45) is 3.65. The number of furan rings is 1. The van der Waals surface area contributed by atoms with Gasteiger partial charge in [0.15, 0.2) is 10.8 Å². The smallest absolute Gasteiger partial charge is 0.347 e. The van der Waals surface area contributed by atoms with Gasteiger partial charge in [0, 0.05) is 5.92 Å². The molecule has 16 heavy (non-hydrogen) atoms. The monoisotopic (exact) mass is 235 g/mol. The zero-order chi connectivity index (χ0) is 11.1. The molecule has 4 nitrogen and oxygen atoms in total. The molecule has 1 N–H and O–H groups in total. The van der Waals surface area contributed by atoms with Crippen LogP contribution in [0.3, 0.4) is 0 Å². The fourth-order valence-corrected chi connectivity index (χ4v) is 2.58. The van der Waals surface area contributed by atoms with Gasteiger partial charge in [-0.05, 0) is 25.0 Å². The van der Waals surface area contributed by atoms with Crippen LogP contribution in [0.25, 0.3) is 10.8 Å². The molecular formula is C11H9NO3S. The normalized spacial score (nSPS) is 15.2. The molecule has 82 valence electrons. The van der Waals surface area contributed by atoms with Crippen molar-refractivity contribution in [2.75, 3.05) is 0 Å². The maximum absolute atomic E-state index is 11.1. The van der Waals surface area contributed by atoms with Gasteiger partial charge in [-0.15, -0.1) is 11.3 Å². The Morgan fingerprint density at radius 3 is 2.94 bits per heavy atom. The van der Waals surface area contributed by atoms with E-state index in [-0.39, 0.29) is 0 Å². The van der Waals surface area contributed by atoms with Crippen LogP contribution in [0.1, 0.15) is 34.1 Å². The van der Waals surface area contributed by atoms with E-state index >= 15 is 0 Å². The lowest BCUT2D eigenvalue weighted by atomic mass is 10.2. The Kier molecular flexibility index (Phi) is 2.07. The highest BCUT2D eigenvalue weighted by Gasteiger charge is 2.32. The van der Waals surface area contributed by atoms with Crippen molar-refractivity contribution >= 4 is 17.3 Å². The highest BCUT2D eigenvalue weighted by Crippen LogP contribution is 2.44. The van der Waals surface area contributed by atoms with Crippen molar-refractivity contribution in [3.63, 3.8) is 0 Å². The van der Waals surface area contributed by atoms with Crippen molar-refractivity contribution < 1.29 is 14.3 Å². The molecule has 0 bridgehead atoms. The van der Waals surface area contributed by atoms with E-state index in [2.05, 4.69) is 4.98 Å². The van der Waals surface area contributed by atoms with Crippen molar-refractivity contribution in [1.29, 1.82) is 0 Å². The van der Waals surface area contributed by atoms with Gasteiger partial charge in [0.05, 0.1) is 12.0 Å². The minimum Gasteiger partial charge on any atom is -0.477 e. The first-order valence-electron chi connectivity index (χ1n) is 5.03. The molecule has 1 aliphatic carbocycles. The highest BCUT2D eigenvalue weighted by atomic mass is 32.1. The van der Waals surface area contributed by atoms with E-state index in [4.69, 9.17) is 9.52 Å². The first-order chi connectivity index (χ1) is 7.75. The molecule has 1 saturated carbocycles. The molecule has 2 aromatic rings. The fraction of sp³-hybridized carbons (Fsp3) is 0.273. The summed E-state index contributed by atoms with van der Waals surface area (Å²) in [5.74, 6) is 0.0858. The number of aromatic carboxylic acids is 1. The van der Waals surface area contributed by atoms with Crippen LogP contribution in [0.5, 0.6) is 0 Å². The number of carbonyl (C=O) groups is 1. The minimum absolute atomic E-state index is 0.339. The molecule has 1 fully saturated rings. The first kappa shape index (κ1) is 9.59. The van der Waals surface area contributed by atoms with Crippen molar-refractivity contribution in [1.82, 2.24) is 4.98 Å². The molecule has 0 aromatic carbocycles. The van der Waals surface area contributed by atoms with E-state index in [1.54, 1.807) is 18.4 Å². The number of thiazole rings is 1. The largest absolute Gasteiger partial charge is 0.477 e. The molecule has 2 heterocycles. The third-order valence-electron chi connectivity index (χ3n) is 2.54. The van der Waals surface area contributed by atoms with Crippen molar-refractivity contribution in [2.24, 2.45) is 0 Å². The van der Waals surface area contributed by atoms with Gasteiger partial charge in [-0.3, -0.25) is 0 Å². The first-order valence-corrected chi connectivity index (χ1v) is 5.85. The number of nitrogens with zero attached hydrogens (tertiary/aromatic N) is 1. The van der Waals surface area contributed by atoms with Gasteiger partial charge >= 0.3 is 5.97 Å².